The van der Waals surface area contributed by atoms with Crippen LogP contribution in [0.25, 0.3) is 20.7 Å². The summed E-state index contributed by atoms with van der Waals surface area (Å²) in [6.07, 6.45) is 0. The first-order valence-electron chi connectivity index (χ1n) is 9.52. The molecule has 5 nitrogen and oxygen atoms in total. The van der Waals surface area contributed by atoms with Crippen LogP contribution in [0.5, 0.6) is 0 Å². The summed E-state index contributed by atoms with van der Waals surface area (Å²) in [6.45, 7) is 2.51. The minimum Gasteiger partial charge on any atom is -0.351 e. The van der Waals surface area contributed by atoms with Gasteiger partial charge in [0.2, 0.25) is 5.91 Å². The molecular formula is C23H21N3O2S2. The fourth-order valence-corrected chi connectivity index (χ4v) is 4.88. The van der Waals surface area contributed by atoms with Crippen molar-refractivity contribution in [2.45, 2.75) is 18.6 Å². The molecule has 2 heterocycles. The van der Waals surface area contributed by atoms with E-state index < -0.39 is 0 Å². The Hall–Kier alpha value is -2.90. The van der Waals surface area contributed by atoms with E-state index >= 15 is 0 Å². The first-order valence-corrected chi connectivity index (χ1v) is 11.3. The third-order valence-electron chi connectivity index (χ3n) is 4.72. The van der Waals surface area contributed by atoms with Crippen molar-refractivity contribution >= 4 is 39.2 Å². The van der Waals surface area contributed by atoms with Crippen LogP contribution in [-0.2, 0) is 18.4 Å². The number of carbonyl (C=O) groups is 1. The third kappa shape index (κ3) is 4.47. The molecule has 1 amide bonds. The number of benzene rings is 2. The van der Waals surface area contributed by atoms with Gasteiger partial charge in [-0.2, -0.15) is 0 Å². The highest BCUT2D eigenvalue weighted by molar-refractivity contribution is 7.99. The van der Waals surface area contributed by atoms with Gasteiger partial charge in [-0.3, -0.25) is 14.2 Å². The Morgan fingerprint density at radius 1 is 1.13 bits per heavy atom. The van der Waals surface area contributed by atoms with Crippen molar-refractivity contribution in [2.75, 3.05) is 5.75 Å². The molecule has 0 atom stereocenters. The zero-order valence-corrected chi connectivity index (χ0v) is 18.3. The fourth-order valence-electron chi connectivity index (χ4n) is 3.00. The molecule has 0 saturated heterocycles. The van der Waals surface area contributed by atoms with Crippen LogP contribution in [0.1, 0.15) is 11.1 Å². The molecule has 0 aliphatic heterocycles. The lowest BCUT2D eigenvalue weighted by molar-refractivity contribution is -0.118. The van der Waals surface area contributed by atoms with Crippen LogP contribution in [-0.4, -0.2) is 21.2 Å². The molecule has 0 saturated carbocycles. The molecule has 4 rings (SSSR count). The van der Waals surface area contributed by atoms with Gasteiger partial charge >= 0.3 is 0 Å². The SMILES string of the molecule is Cc1ccc(CNC(=O)CSc2nc3cc(-c4ccccc4)sc3c(=O)n2C)cc1. The first kappa shape index (κ1) is 20.4. The number of thiophene rings is 1. The molecule has 30 heavy (non-hydrogen) atoms. The fraction of sp³-hybridized carbons (Fsp3) is 0.174. The smallest absolute Gasteiger partial charge is 0.271 e. The van der Waals surface area contributed by atoms with Crippen molar-refractivity contribution in [2.24, 2.45) is 7.05 Å². The molecule has 4 aromatic rings. The molecule has 0 aliphatic carbocycles. The first-order chi connectivity index (χ1) is 14.5. The highest BCUT2D eigenvalue weighted by Crippen LogP contribution is 2.31. The maximum Gasteiger partial charge on any atom is 0.271 e. The molecule has 2 aromatic heterocycles. The van der Waals surface area contributed by atoms with E-state index in [1.165, 1.54) is 33.2 Å². The van der Waals surface area contributed by atoms with Gasteiger partial charge in [0.25, 0.3) is 5.56 Å². The molecule has 0 spiro atoms. The third-order valence-corrected chi connectivity index (χ3v) is 6.91. The Morgan fingerprint density at radius 2 is 1.87 bits per heavy atom. The summed E-state index contributed by atoms with van der Waals surface area (Å²) in [4.78, 5) is 30.7. The van der Waals surface area contributed by atoms with E-state index in [1.807, 2.05) is 67.6 Å². The number of hydrogen-bond donors (Lipinski definition) is 1. The van der Waals surface area contributed by atoms with E-state index in [0.717, 1.165) is 16.0 Å². The van der Waals surface area contributed by atoms with E-state index in [2.05, 4.69) is 10.3 Å². The quantitative estimate of drug-likeness (QED) is 0.361. The highest BCUT2D eigenvalue weighted by Gasteiger charge is 2.14. The molecule has 0 unspecified atom stereocenters. The standard InChI is InChI=1S/C23H21N3O2S2/c1-15-8-10-16(11-9-15)13-24-20(27)14-29-23-25-18-12-19(17-6-4-3-5-7-17)30-21(18)22(28)26(23)2/h3-12H,13-14H2,1-2H3,(H,24,27). The lowest BCUT2D eigenvalue weighted by atomic mass is 10.1. The Labute approximate surface area is 182 Å². The summed E-state index contributed by atoms with van der Waals surface area (Å²) in [6, 6.07) is 19.9. The summed E-state index contributed by atoms with van der Waals surface area (Å²) in [5.41, 5.74) is 3.89. The molecule has 0 fully saturated rings. The van der Waals surface area contributed by atoms with Gasteiger partial charge in [0.15, 0.2) is 5.16 Å². The van der Waals surface area contributed by atoms with E-state index in [0.29, 0.717) is 21.9 Å². The zero-order chi connectivity index (χ0) is 21.1. The van der Waals surface area contributed by atoms with E-state index in [1.54, 1.807) is 7.05 Å². The second kappa shape index (κ2) is 8.85. The second-order valence-electron chi connectivity index (χ2n) is 7.00. The number of aromatic nitrogens is 2. The normalized spacial score (nSPS) is 11.0. The number of hydrogen-bond acceptors (Lipinski definition) is 5. The van der Waals surface area contributed by atoms with Crippen LogP contribution in [0.4, 0.5) is 0 Å². The highest BCUT2D eigenvalue weighted by atomic mass is 32.2. The minimum atomic E-state index is -0.0924. The summed E-state index contributed by atoms with van der Waals surface area (Å²) >= 11 is 2.72. The lowest BCUT2D eigenvalue weighted by Gasteiger charge is -2.08. The van der Waals surface area contributed by atoms with Crippen LogP contribution in [0.15, 0.2) is 70.6 Å². The molecule has 0 aliphatic rings. The lowest BCUT2D eigenvalue weighted by Crippen LogP contribution is -2.25. The number of nitrogens with one attached hydrogen (secondary N) is 1. The number of rotatable bonds is 6. The number of nitrogens with zero attached hydrogens (tertiary/aromatic N) is 2. The Bertz CT molecular complexity index is 1250. The predicted molar refractivity (Wildman–Crippen MR) is 124 cm³/mol. The summed E-state index contributed by atoms with van der Waals surface area (Å²) in [5, 5.41) is 3.45. The van der Waals surface area contributed by atoms with Crippen LogP contribution < -0.4 is 10.9 Å². The van der Waals surface area contributed by atoms with Crippen molar-refractivity contribution in [1.29, 1.82) is 0 Å². The van der Waals surface area contributed by atoms with Crippen molar-refractivity contribution in [1.82, 2.24) is 14.9 Å². The molecule has 2 aromatic carbocycles. The molecule has 1 N–H and O–H groups in total. The van der Waals surface area contributed by atoms with Gasteiger partial charge in [-0.05, 0) is 24.1 Å². The van der Waals surface area contributed by atoms with Gasteiger partial charge < -0.3 is 5.32 Å². The van der Waals surface area contributed by atoms with Crippen LogP contribution in [0.2, 0.25) is 0 Å². The predicted octanol–water partition coefficient (Wildman–Crippen LogP) is 4.38. The number of thioether (sulfide) groups is 1. The van der Waals surface area contributed by atoms with Crippen molar-refractivity contribution in [3.8, 4) is 10.4 Å². The topological polar surface area (TPSA) is 64.0 Å². The van der Waals surface area contributed by atoms with E-state index in [9.17, 15) is 9.59 Å². The Kier molecular flexibility index (Phi) is 6.01. The molecule has 7 heteroatoms. The summed E-state index contributed by atoms with van der Waals surface area (Å²) in [7, 11) is 1.70. The summed E-state index contributed by atoms with van der Waals surface area (Å²) < 4.78 is 2.15. The van der Waals surface area contributed by atoms with Gasteiger partial charge in [0, 0.05) is 18.5 Å². The van der Waals surface area contributed by atoms with Gasteiger partial charge in [-0.1, -0.05) is 71.9 Å². The maximum absolute atomic E-state index is 12.8. The largest absolute Gasteiger partial charge is 0.351 e. The van der Waals surface area contributed by atoms with Gasteiger partial charge in [-0.25, -0.2) is 4.98 Å². The number of aryl methyl sites for hydroxylation is 1. The Balaban J connectivity index is 1.47. The summed E-state index contributed by atoms with van der Waals surface area (Å²) in [5.74, 6) is 0.109. The number of fused-ring (bicyclic) bond motifs is 1. The number of carbonyl (C=O) groups excluding carboxylic acids is 1. The van der Waals surface area contributed by atoms with Crippen molar-refractivity contribution < 1.29 is 4.79 Å². The van der Waals surface area contributed by atoms with Gasteiger partial charge in [0.05, 0.1) is 11.3 Å². The molecule has 152 valence electrons. The van der Waals surface area contributed by atoms with E-state index in [-0.39, 0.29) is 17.2 Å². The van der Waals surface area contributed by atoms with Gasteiger partial charge in [0.1, 0.15) is 4.70 Å². The average molecular weight is 436 g/mol. The van der Waals surface area contributed by atoms with Crippen LogP contribution in [0, 0.1) is 6.92 Å². The second-order valence-corrected chi connectivity index (χ2v) is 9.00. The Morgan fingerprint density at radius 3 is 2.60 bits per heavy atom. The van der Waals surface area contributed by atoms with Crippen LogP contribution in [0.3, 0.4) is 0 Å². The van der Waals surface area contributed by atoms with Crippen LogP contribution >= 0.6 is 23.1 Å². The molecule has 0 bridgehead atoms. The molecular weight excluding hydrogens is 414 g/mol. The van der Waals surface area contributed by atoms with Crippen molar-refractivity contribution in [3.05, 3.63) is 82.1 Å². The number of amides is 1. The average Bonchev–Trinajstić information content (AvgIpc) is 3.20. The monoisotopic (exact) mass is 435 g/mol. The minimum absolute atomic E-state index is 0.0882. The van der Waals surface area contributed by atoms with E-state index in [4.69, 9.17) is 0 Å². The zero-order valence-electron chi connectivity index (χ0n) is 16.7. The maximum atomic E-state index is 12.8. The van der Waals surface area contributed by atoms with Gasteiger partial charge in [-0.15, -0.1) is 11.3 Å². The molecule has 0 radical (unpaired) electrons. The van der Waals surface area contributed by atoms with Crippen molar-refractivity contribution in [3.63, 3.8) is 0 Å².